The van der Waals surface area contributed by atoms with Gasteiger partial charge in [0.15, 0.2) is 0 Å². The number of aryl methyl sites for hydroxylation is 1. The van der Waals surface area contributed by atoms with Gasteiger partial charge in [-0.2, -0.15) is 0 Å². The summed E-state index contributed by atoms with van der Waals surface area (Å²) in [5.41, 5.74) is 5.95. The number of hydrogen-bond acceptors (Lipinski definition) is 5. The number of ether oxygens (including phenoxy) is 1. The zero-order valence-electron chi connectivity index (χ0n) is 25.2. The molecule has 8 nitrogen and oxygen atoms in total. The molecule has 5 aromatic carbocycles. The van der Waals surface area contributed by atoms with Crippen molar-refractivity contribution in [3.8, 4) is 16.9 Å². The second kappa shape index (κ2) is 14.6. The van der Waals surface area contributed by atoms with Crippen LogP contribution in [0.15, 0.2) is 127 Å². The minimum absolute atomic E-state index is 0.0232. The van der Waals surface area contributed by atoms with Crippen molar-refractivity contribution in [2.45, 2.75) is 19.9 Å². The summed E-state index contributed by atoms with van der Waals surface area (Å²) in [6.07, 6.45) is 0.216. The average Bonchev–Trinajstić information content (AvgIpc) is 3.06. The molecule has 0 heterocycles. The number of carbonyl (C=O) groups is 4. The smallest absolute Gasteiger partial charge is 0.343 e. The monoisotopic (exact) mass is 612 g/mol. The molecule has 0 unspecified atom stereocenters. The summed E-state index contributed by atoms with van der Waals surface area (Å²) in [5, 5.41) is 12.3. The van der Waals surface area contributed by atoms with Gasteiger partial charge in [-0.25, -0.2) is 4.79 Å². The Morgan fingerprint density at radius 2 is 1.26 bits per heavy atom. The zero-order valence-corrected chi connectivity index (χ0v) is 25.2. The lowest BCUT2D eigenvalue weighted by atomic mass is 10.0. The van der Waals surface area contributed by atoms with Crippen LogP contribution in [-0.4, -0.2) is 40.3 Å². The summed E-state index contributed by atoms with van der Waals surface area (Å²) < 4.78 is 5.53. The normalized spacial score (nSPS) is 10.5. The van der Waals surface area contributed by atoms with Gasteiger partial charge in [0.05, 0.1) is 12.0 Å². The number of esters is 1. The fourth-order valence-corrected chi connectivity index (χ4v) is 4.82. The van der Waals surface area contributed by atoms with Crippen LogP contribution in [0, 0.1) is 6.92 Å². The maximum Gasteiger partial charge on any atom is 0.343 e. The molecule has 0 aliphatic heterocycles. The minimum atomic E-state index is -1.16. The highest BCUT2D eigenvalue weighted by atomic mass is 16.5. The van der Waals surface area contributed by atoms with Crippen molar-refractivity contribution in [3.63, 3.8) is 0 Å². The van der Waals surface area contributed by atoms with Crippen LogP contribution < -0.4 is 10.1 Å². The number of anilines is 1. The maximum atomic E-state index is 13.3. The van der Waals surface area contributed by atoms with Crippen LogP contribution >= 0.6 is 0 Å². The van der Waals surface area contributed by atoms with Gasteiger partial charge in [0, 0.05) is 17.8 Å². The summed E-state index contributed by atoms with van der Waals surface area (Å²) in [6, 6.07) is 37.5. The van der Waals surface area contributed by atoms with Gasteiger partial charge in [0.2, 0.25) is 5.91 Å². The molecular formula is C38H32N2O6. The van der Waals surface area contributed by atoms with E-state index in [-0.39, 0.29) is 24.4 Å². The molecule has 8 heteroatoms. The lowest BCUT2D eigenvalue weighted by Gasteiger charge is -2.21. The molecule has 0 atom stereocenters. The molecule has 0 spiro atoms. The molecule has 46 heavy (non-hydrogen) atoms. The lowest BCUT2D eigenvalue weighted by Crippen LogP contribution is -2.35. The topological polar surface area (TPSA) is 113 Å². The Bertz CT molecular complexity index is 1820. The van der Waals surface area contributed by atoms with Crippen LogP contribution in [0.5, 0.6) is 5.75 Å². The predicted octanol–water partition coefficient (Wildman–Crippen LogP) is 6.79. The van der Waals surface area contributed by atoms with Gasteiger partial charge in [-0.3, -0.25) is 14.4 Å². The van der Waals surface area contributed by atoms with Gasteiger partial charge in [-0.1, -0.05) is 84.4 Å². The maximum absolute atomic E-state index is 13.3. The van der Waals surface area contributed by atoms with Crippen molar-refractivity contribution in [2.75, 3.05) is 11.9 Å². The first-order chi connectivity index (χ1) is 22.2. The average molecular weight is 613 g/mol. The molecule has 0 bridgehead atoms. The van der Waals surface area contributed by atoms with Gasteiger partial charge < -0.3 is 20.1 Å². The summed E-state index contributed by atoms with van der Waals surface area (Å²) in [5.74, 6) is -2.02. The van der Waals surface area contributed by atoms with E-state index in [1.807, 2.05) is 73.7 Å². The fraction of sp³-hybridized carbons (Fsp3) is 0.105. The summed E-state index contributed by atoms with van der Waals surface area (Å²) in [4.78, 5) is 51.2. The van der Waals surface area contributed by atoms with Gasteiger partial charge >= 0.3 is 11.9 Å². The Labute approximate surface area is 266 Å². The largest absolute Gasteiger partial charge is 0.480 e. The number of aliphatic carboxylic acids is 1. The first kappa shape index (κ1) is 31.4. The van der Waals surface area contributed by atoms with E-state index in [0.717, 1.165) is 16.7 Å². The minimum Gasteiger partial charge on any atom is -0.480 e. The standard InChI is InChI=1S/C38H32N2O6/c1-26-7-11-29(12-8-26)30-13-15-32(16-14-30)38(45)46-34-21-9-28(10-22-34)24-40(25-36(42)43)37(44)31-17-19-33(20-18-31)39-35(41)23-27-5-3-2-4-6-27/h2-22H,23-25H2,1H3,(H,39,41)(H,42,43). The number of nitrogens with zero attached hydrogens (tertiary/aromatic N) is 1. The predicted molar refractivity (Wildman–Crippen MR) is 176 cm³/mol. The lowest BCUT2D eigenvalue weighted by molar-refractivity contribution is -0.137. The van der Waals surface area contributed by atoms with E-state index in [9.17, 15) is 24.3 Å². The third-order valence-corrected chi connectivity index (χ3v) is 7.25. The number of carboxylic acid groups (broad SMARTS) is 1. The quantitative estimate of drug-likeness (QED) is 0.125. The SMILES string of the molecule is Cc1ccc(-c2ccc(C(=O)Oc3ccc(CN(CC(=O)O)C(=O)c4ccc(NC(=O)Cc5ccccc5)cc4)cc3)cc2)cc1. The first-order valence-corrected chi connectivity index (χ1v) is 14.7. The third kappa shape index (κ3) is 8.54. The Morgan fingerprint density at radius 1 is 0.674 bits per heavy atom. The number of amides is 2. The number of carboxylic acids is 1. The van der Waals surface area contributed by atoms with Crippen molar-refractivity contribution >= 4 is 29.4 Å². The summed E-state index contributed by atoms with van der Waals surface area (Å²) in [6.45, 7) is 1.54. The van der Waals surface area contributed by atoms with E-state index in [0.29, 0.717) is 22.6 Å². The fourth-order valence-electron chi connectivity index (χ4n) is 4.82. The van der Waals surface area contributed by atoms with E-state index in [2.05, 4.69) is 5.32 Å². The van der Waals surface area contributed by atoms with Gasteiger partial charge in [-0.05, 0) is 77.7 Å². The van der Waals surface area contributed by atoms with Crippen LogP contribution in [-0.2, 0) is 22.6 Å². The third-order valence-electron chi connectivity index (χ3n) is 7.25. The van der Waals surface area contributed by atoms with Crippen LogP contribution in [0.4, 0.5) is 5.69 Å². The number of carbonyl (C=O) groups excluding carboxylic acids is 3. The van der Waals surface area contributed by atoms with Crippen LogP contribution in [0.2, 0.25) is 0 Å². The molecule has 0 aliphatic rings. The van der Waals surface area contributed by atoms with Crippen molar-refractivity contribution in [2.24, 2.45) is 0 Å². The van der Waals surface area contributed by atoms with Crippen molar-refractivity contribution in [3.05, 3.63) is 155 Å². The zero-order chi connectivity index (χ0) is 32.5. The number of rotatable bonds is 11. The second-order valence-electron chi connectivity index (χ2n) is 10.8. The van der Waals surface area contributed by atoms with Crippen molar-refractivity contribution in [1.82, 2.24) is 4.90 Å². The van der Waals surface area contributed by atoms with E-state index in [4.69, 9.17) is 4.74 Å². The van der Waals surface area contributed by atoms with E-state index in [1.165, 1.54) is 10.5 Å². The Kier molecular flexibility index (Phi) is 9.99. The Balaban J connectivity index is 1.18. The molecule has 0 fully saturated rings. The number of hydrogen-bond donors (Lipinski definition) is 2. The molecule has 2 amide bonds. The summed E-state index contributed by atoms with van der Waals surface area (Å²) in [7, 11) is 0. The van der Waals surface area contributed by atoms with Gasteiger partial charge in [-0.15, -0.1) is 0 Å². The van der Waals surface area contributed by atoms with Crippen molar-refractivity contribution in [1.29, 1.82) is 0 Å². The van der Waals surface area contributed by atoms with Gasteiger partial charge in [0.25, 0.3) is 5.91 Å². The second-order valence-corrected chi connectivity index (χ2v) is 10.8. The molecule has 5 aromatic rings. The summed E-state index contributed by atoms with van der Waals surface area (Å²) >= 11 is 0. The first-order valence-electron chi connectivity index (χ1n) is 14.7. The molecule has 0 radical (unpaired) electrons. The molecule has 230 valence electrons. The highest BCUT2D eigenvalue weighted by molar-refractivity contribution is 5.97. The van der Waals surface area contributed by atoms with Crippen LogP contribution in [0.25, 0.3) is 11.1 Å². The highest BCUT2D eigenvalue weighted by Gasteiger charge is 2.20. The molecule has 0 aliphatic carbocycles. The Hall–Kier alpha value is -6.02. The molecule has 0 saturated heterocycles. The molecule has 0 aromatic heterocycles. The van der Waals surface area contributed by atoms with E-state index >= 15 is 0 Å². The molecule has 0 saturated carbocycles. The van der Waals surface area contributed by atoms with E-state index in [1.54, 1.807) is 60.7 Å². The van der Waals surface area contributed by atoms with Crippen LogP contribution in [0.3, 0.4) is 0 Å². The number of nitrogens with one attached hydrogen (secondary N) is 1. The molecular weight excluding hydrogens is 580 g/mol. The number of benzene rings is 5. The van der Waals surface area contributed by atoms with Crippen molar-refractivity contribution < 1.29 is 29.0 Å². The van der Waals surface area contributed by atoms with E-state index < -0.39 is 24.4 Å². The Morgan fingerprint density at radius 3 is 1.87 bits per heavy atom. The highest BCUT2D eigenvalue weighted by Crippen LogP contribution is 2.22. The molecule has 2 N–H and O–H groups in total. The molecule has 5 rings (SSSR count). The van der Waals surface area contributed by atoms with Gasteiger partial charge in [0.1, 0.15) is 12.3 Å². The van der Waals surface area contributed by atoms with Crippen LogP contribution in [0.1, 0.15) is 37.4 Å².